The van der Waals surface area contributed by atoms with E-state index in [-0.39, 0.29) is 6.10 Å². The summed E-state index contributed by atoms with van der Waals surface area (Å²) in [5.74, 6) is 0. The second-order valence-corrected chi connectivity index (χ2v) is 3.26. The molecule has 0 saturated heterocycles. The number of halogens is 1. The summed E-state index contributed by atoms with van der Waals surface area (Å²) in [6.07, 6.45) is 2.89. The normalized spacial score (nSPS) is 13.1. The molecule has 0 radical (unpaired) electrons. The quantitative estimate of drug-likeness (QED) is 0.703. The van der Waals surface area contributed by atoms with Crippen LogP contribution in [0.15, 0.2) is 12.3 Å². The first-order valence-corrected chi connectivity index (χ1v) is 4.96. The number of aryl methyl sites for hydroxylation is 1. The zero-order valence-electron chi connectivity index (χ0n) is 8.74. The van der Waals surface area contributed by atoms with Gasteiger partial charge in [-0.25, -0.2) is 4.39 Å². The van der Waals surface area contributed by atoms with Crippen molar-refractivity contribution < 1.29 is 9.13 Å². The Morgan fingerprint density at radius 3 is 3.07 bits per heavy atom. The van der Waals surface area contributed by atoms with E-state index in [1.807, 2.05) is 13.0 Å². The average molecular weight is 200 g/mol. The maximum Gasteiger partial charge on any atom is 0.109 e. The number of nitrogens with zero attached hydrogens (tertiary/aromatic N) is 2. The third-order valence-corrected chi connectivity index (χ3v) is 2.19. The molecule has 0 aliphatic rings. The first kappa shape index (κ1) is 11.2. The van der Waals surface area contributed by atoms with Gasteiger partial charge < -0.3 is 4.74 Å². The number of rotatable bonds is 6. The van der Waals surface area contributed by atoms with Crippen LogP contribution in [0.1, 0.15) is 26.0 Å². The number of alkyl halides is 1. The minimum atomic E-state index is -0.391. The van der Waals surface area contributed by atoms with Crippen molar-refractivity contribution in [2.45, 2.75) is 39.5 Å². The number of ether oxygens (including phenoxy) is 1. The largest absolute Gasteiger partial charge is 0.372 e. The summed E-state index contributed by atoms with van der Waals surface area (Å²) in [5.41, 5.74) is 0.933. The molecule has 0 amide bonds. The molecule has 0 fully saturated rings. The number of aromatic nitrogens is 2. The molecule has 80 valence electrons. The molecule has 0 aliphatic heterocycles. The summed E-state index contributed by atoms with van der Waals surface area (Å²) in [6.45, 7) is 4.53. The lowest BCUT2D eigenvalue weighted by atomic mass is 10.3. The van der Waals surface area contributed by atoms with Gasteiger partial charge in [-0.15, -0.1) is 0 Å². The predicted octanol–water partition coefficient (Wildman–Crippen LogP) is 2.17. The fraction of sp³-hybridized carbons (Fsp3) is 0.700. The Morgan fingerprint density at radius 2 is 2.43 bits per heavy atom. The van der Waals surface area contributed by atoms with Gasteiger partial charge in [-0.2, -0.15) is 5.10 Å². The van der Waals surface area contributed by atoms with E-state index in [0.29, 0.717) is 13.2 Å². The second-order valence-electron chi connectivity index (χ2n) is 3.26. The van der Waals surface area contributed by atoms with Gasteiger partial charge in [0.25, 0.3) is 0 Å². The maximum atomic E-state index is 12.1. The molecule has 0 unspecified atom stereocenters. The van der Waals surface area contributed by atoms with Gasteiger partial charge in [0.15, 0.2) is 0 Å². The topological polar surface area (TPSA) is 27.1 Å². The second kappa shape index (κ2) is 5.75. The smallest absolute Gasteiger partial charge is 0.109 e. The van der Waals surface area contributed by atoms with E-state index >= 15 is 0 Å². The van der Waals surface area contributed by atoms with Crippen LogP contribution in [0, 0.1) is 0 Å². The van der Waals surface area contributed by atoms with Crippen LogP contribution in [-0.2, 0) is 17.9 Å². The van der Waals surface area contributed by atoms with E-state index in [1.165, 1.54) is 0 Å². The monoisotopic (exact) mass is 200 g/mol. The average Bonchev–Trinajstić information content (AvgIpc) is 2.62. The highest BCUT2D eigenvalue weighted by Gasteiger charge is 2.04. The van der Waals surface area contributed by atoms with E-state index in [4.69, 9.17) is 4.74 Å². The standard InChI is InChI=1S/C10H17FN2O/c1-3-9(2)14-8-10-4-6-12-13(10)7-5-11/h4,6,9H,3,5,7-8H2,1-2H3/t9-/m1/s1. The van der Waals surface area contributed by atoms with E-state index in [1.54, 1.807) is 10.9 Å². The predicted molar refractivity (Wildman–Crippen MR) is 52.7 cm³/mol. The van der Waals surface area contributed by atoms with Gasteiger partial charge in [-0.05, 0) is 19.4 Å². The maximum absolute atomic E-state index is 12.1. The summed E-state index contributed by atoms with van der Waals surface area (Å²) in [7, 11) is 0. The molecule has 0 aromatic carbocycles. The van der Waals surface area contributed by atoms with Crippen molar-refractivity contribution in [3.05, 3.63) is 18.0 Å². The van der Waals surface area contributed by atoms with Crippen molar-refractivity contribution in [2.24, 2.45) is 0 Å². The Hall–Kier alpha value is -0.900. The van der Waals surface area contributed by atoms with Crippen LogP contribution in [0.25, 0.3) is 0 Å². The number of hydrogen-bond acceptors (Lipinski definition) is 2. The first-order valence-electron chi connectivity index (χ1n) is 4.96. The van der Waals surface area contributed by atoms with Crippen molar-refractivity contribution in [1.82, 2.24) is 9.78 Å². The SMILES string of the molecule is CC[C@@H](C)OCc1ccnn1CCF. The summed E-state index contributed by atoms with van der Waals surface area (Å²) < 4.78 is 19.3. The van der Waals surface area contributed by atoms with Crippen molar-refractivity contribution >= 4 is 0 Å². The molecule has 0 aliphatic carbocycles. The molecule has 1 aromatic heterocycles. The summed E-state index contributed by atoms with van der Waals surface area (Å²) in [4.78, 5) is 0. The molecular weight excluding hydrogens is 183 g/mol. The minimum absolute atomic E-state index is 0.240. The Kier molecular flexibility index (Phi) is 4.59. The first-order chi connectivity index (χ1) is 6.77. The Balaban J connectivity index is 2.45. The lowest BCUT2D eigenvalue weighted by Crippen LogP contribution is -2.11. The van der Waals surface area contributed by atoms with Crippen LogP contribution in [0.4, 0.5) is 4.39 Å². The van der Waals surface area contributed by atoms with E-state index in [2.05, 4.69) is 12.0 Å². The molecule has 0 spiro atoms. The Labute approximate surface area is 83.9 Å². The Morgan fingerprint density at radius 1 is 1.64 bits per heavy atom. The Bertz CT molecular complexity index is 262. The summed E-state index contributed by atoms with van der Waals surface area (Å²) in [6, 6.07) is 1.86. The van der Waals surface area contributed by atoms with Gasteiger partial charge in [0.2, 0.25) is 0 Å². The van der Waals surface area contributed by atoms with Crippen molar-refractivity contribution in [1.29, 1.82) is 0 Å². The molecule has 3 nitrogen and oxygen atoms in total. The van der Waals surface area contributed by atoms with Crippen LogP contribution >= 0.6 is 0 Å². The fourth-order valence-electron chi connectivity index (χ4n) is 1.11. The number of hydrogen-bond donors (Lipinski definition) is 0. The molecule has 4 heteroatoms. The van der Waals surface area contributed by atoms with Gasteiger partial charge in [-0.3, -0.25) is 4.68 Å². The summed E-state index contributed by atoms with van der Waals surface area (Å²) in [5, 5.41) is 4.01. The van der Waals surface area contributed by atoms with Crippen molar-refractivity contribution in [2.75, 3.05) is 6.67 Å². The third-order valence-electron chi connectivity index (χ3n) is 2.19. The van der Waals surface area contributed by atoms with Crippen LogP contribution < -0.4 is 0 Å². The van der Waals surface area contributed by atoms with Gasteiger partial charge in [0.1, 0.15) is 6.67 Å². The van der Waals surface area contributed by atoms with Gasteiger partial charge in [-0.1, -0.05) is 6.92 Å². The van der Waals surface area contributed by atoms with Crippen molar-refractivity contribution in [3.63, 3.8) is 0 Å². The molecule has 0 bridgehead atoms. The molecule has 0 N–H and O–H groups in total. The highest BCUT2D eigenvalue weighted by molar-refractivity contribution is 4.98. The highest BCUT2D eigenvalue weighted by atomic mass is 19.1. The summed E-state index contributed by atoms with van der Waals surface area (Å²) >= 11 is 0. The molecule has 1 rings (SSSR count). The van der Waals surface area contributed by atoms with Crippen LogP contribution in [0.2, 0.25) is 0 Å². The molecule has 1 atom stereocenters. The fourth-order valence-corrected chi connectivity index (χ4v) is 1.11. The lowest BCUT2D eigenvalue weighted by molar-refractivity contribution is 0.0465. The molecule has 14 heavy (non-hydrogen) atoms. The van der Waals surface area contributed by atoms with E-state index in [9.17, 15) is 4.39 Å². The lowest BCUT2D eigenvalue weighted by Gasteiger charge is -2.11. The van der Waals surface area contributed by atoms with Gasteiger partial charge in [0.05, 0.1) is 24.9 Å². The highest BCUT2D eigenvalue weighted by Crippen LogP contribution is 2.05. The van der Waals surface area contributed by atoms with Crippen molar-refractivity contribution in [3.8, 4) is 0 Å². The third kappa shape index (κ3) is 3.10. The molecule has 1 heterocycles. The van der Waals surface area contributed by atoms with Crippen LogP contribution in [-0.4, -0.2) is 22.6 Å². The van der Waals surface area contributed by atoms with Crippen LogP contribution in [0.5, 0.6) is 0 Å². The minimum Gasteiger partial charge on any atom is -0.372 e. The van der Waals surface area contributed by atoms with E-state index in [0.717, 1.165) is 12.1 Å². The molecular formula is C10H17FN2O. The van der Waals surface area contributed by atoms with Gasteiger partial charge in [0, 0.05) is 6.20 Å². The zero-order valence-corrected chi connectivity index (χ0v) is 8.74. The van der Waals surface area contributed by atoms with Gasteiger partial charge >= 0.3 is 0 Å². The molecule has 0 saturated carbocycles. The molecule has 1 aromatic rings. The van der Waals surface area contributed by atoms with Crippen LogP contribution in [0.3, 0.4) is 0 Å². The zero-order chi connectivity index (χ0) is 10.4. The van der Waals surface area contributed by atoms with E-state index < -0.39 is 6.67 Å².